The minimum absolute atomic E-state index is 0.153. The van der Waals surface area contributed by atoms with Gasteiger partial charge < -0.3 is 14.8 Å². The number of aliphatic hydroxyl groups excluding tert-OH is 1. The van der Waals surface area contributed by atoms with E-state index in [0.717, 1.165) is 47.9 Å². The van der Waals surface area contributed by atoms with Crippen LogP contribution in [0.15, 0.2) is 36.8 Å². The molecule has 0 spiro atoms. The summed E-state index contributed by atoms with van der Waals surface area (Å²) in [6.07, 6.45) is 8.38. The molecular weight excluding hydrogens is 474 g/mol. The first-order chi connectivity index (χ1) is 16.9. The third-order valence-electron chi connectivity index (χ3n) is 7.12. The quantitative estimate of drug-likeness (QED) is 0.335. The summed E-state index contributed by atoms with van der Waals surface area (Å²) in [4.78, 5) is 7.66. The molecule has 1 aliphatic rings. The molecule has 1 aliphatic carbocycles. The molecule has 0 radical (unpaired) electrons. The van der Waals surface area contributed by atoms with Crippen LogP contribution < -0.4 is 4.74 Å². The molecule has 1 fully saturated rings. The Morgan fingerprint density at radius 1 is 1.26 bits per heavy atom. The number of hydrogen-bond acceptors (Lipinski definition) is 4. The highest BCUT2D eigenvalue weighted by atomic mass is 35.5. The number of pyridine rings is 1. The first-order valence-electron chi connectivity index (χ1n) is 11.7. The summed E-state index contributed by atoms with van der Waals surface area (Å²) in [7, 11) is 1.45. The molecule has 3 aromatic heterocycles. The highest BCUT2D eigenvalue weighted by Gasteiger charge is 2.27. The van der Waals surface area contributed by atoms with Crippen LogP contribution in [0.4, 0.5) is 8.78 Å². The van der Waals surface area contributed by atoms with Crippen LogP contribution >= 0.6 is 11.6 Å². The Bertz CT molecular complexity index is 1360. The fourth-order valence-corrected chi connectivity index (χ4v) is 5.49. The van der Waals surface area contributed by atoms with E-state index in [1.54, 1.807) is 12.4 Å². The third-order valence-corrected chi connectivity index (χ3v) is 7.51. The standard InChI is InChI=1S/C26H27ClF2N4O2/c1-14-20(13-32-33(14)16-3-5-17(34)6-4-16)15-9-18-21(12-31-26(18)30-11-15)19(10-28)24-23(35-2)8-7-22(29)25(24)27/h7-9,11-13,16-17,19,34H,3-6,10H2,1-2H3,(H,30,31). The van der Waals surface area contributed by atoms with Gasteiger partial charge in [-0.3, -0.25) is 9.07 Å². The maximum atomic E-state index is 14.5. The van der Waals surface area contributed by atoms with Gasteiger partial charge in [0.2, 0.25) is 0 Å². The van der Waals surface area contributed by atoms with Crippen molar-refractivity contribution in [3.63, 3.8) is 0 Å². The van der Waals surface area contributed by atoms with Gasteiger partial charge in [-0.05, 0) is 56.4 Å². The van der Waals surface area contributed by atoms with Crippen LogP contribution in [0.25, 0.3) is 22.2 Å². The molecule has 1 unspecified atom stereocenters. The largest absolute Gasteiger partial charge is 0.496 e. The topological polar surface area (TPSA) is 76.0 Å². The lowest BCUT2D eigenvalue weighted by Gasteiger charge is -2.26. The lowest BCUT2D eigenvalue weighted by molar-refractivity contribution is 0.107. The number of benzene rings is 1. The molecule has 0 bridgehead atoms. The Kier molecular flexibility index (Phi) is 6.51. The van der Waals surface area contributed by atoms with E-state index in [1.165, 1.54) is 19.2 Å². The molecule has 0 amide bonds. The maximum absolute atomic E-state index is 14.5. The summed E-state index contributed by atoms with van der Waals surface area (Å²) in [6.45, 7) is 1.23. The van der Waals surface area contributed by atoms with Gasteiger partial charge in [-0.2, -0.15) is 5.10 Å². The third kappa shape index (κ3) is 4.19. The van der Waals surface area contributed by atoms with Crippen molar-refractivity contribution in [2.45, 2.75) is 50.7 Å². The van der Waals surface area contributed by atoms with E-state index in [4.69, 9.17) is 16.3 Å². The van der Waals surface area contributed by atoms with Crippen LogP contribution in [-0.4, -0.2) is 44.7 Å². The molecule has 3 heterocycles. The highest BCUT2D eigenvalue weighted by molar-refractivity contribution is 6.31. The normalized spacial score (nSPS) is 19.3. The number of aliphatic hydroxyl groups is 1. The molecule has 5 rings (SSSR count). The van der Waals surface area contributed by atoms with Gasteiger partial charge in [0.25, 0.3) is 0 Å². The summed E-state index contributed by atoms with van der Waals surface area (Å²) in [5.74, 6) is -1.14. The number of alkyl halides is 1. The Labute approximate surface area is 206 Å². The number of aromatic nitrogens is 4. The minimum Gasteiger partial charge on any atom is -0.496 e. The van der Waals surface area contributed by atoms with Crippen molar-refractivity contribution >= 4 is 22.6 Å². The average Bonchev–Trinajstić information content (AvgIpc) is 3.46. The first-order valence-corrected chi connectivity index (χ1v) is 12.1. The van der Waals surface area contributed by atoms with Gasteiger partial charge >= 0.3 is 0 Å². The van der Waals surface area contributed by atoms with Gasteiger partial charge in [0.05, 0.1) is 30.5 Å². The summed E-state index contributed by atoms with van der Waals surface area (Å²) < 4.78 is 36.2. The molecule has 4 aromatic rings. The van der Waals surface area contributed by atoms with E-state index in [9.17, 15) is 13.9 Å². The number of hydrogen-bond donors (Lipinski definition) is 2. The molecular formula is C26H27ClF2N4O2. The smallest absolute Gasteiger partial charge is 0.142 e. The Morgan fingerprint density at radius 2 is 2.03 bits per heavy atom. The van der Waals surface area contributed by atoms with Crippen molar-refractivity contribution in [3.05, 3.63) is 64.5 Å². The van der Waals surface area contributed by atoms with Crippen molar-refractivity contribution in [1.82, 2.24) is 19.7 Å². The summed E-state index contributed by atoms with van der Waals surface area (Å²) in [6, 6.07) is 4.88. The van der Waals surface area contributed by atoms with Gasteiger partial charge in [0.1, 0.15) is 23.9 Å². The van der Waals surface area contributed by atoms with Gasteiger partial charge in [0, 0.05) is 46.1 Å². The molecule has 0 aliphatic heterocycles. The molecule has 9 heteroatoms. The lowest BCUT2D eigenvalue weighted by atomic mass is 9.91. The van der Waals surface area contributed by atoms with Crippen molar-refractivity contribution < 1.29 is 18.6 Å². The van der Waals surface area contributed by atoms with E-state index in [1.807, 2.05) is 23.9 Å². The number of nitrogens with one attached hydrogen (secondary N) is 1. The van der Waals surface area contributed by atoms with Gasteiger partial charge in [-0.15, -0.1) is 0 Å². The zero-order valence-electron chi connectivity index (χ0n) is 19.6. The number of fused-ring (bicyclic) bond motifs is 1. The zero-order valence-corrected chi connectivity index (χ0v) is 20.3. The van der Waals surface area contributed by atoms with Crippen LogP contribution in [0.2, 0.25) is 5.02 Å². The highest BCUT2D eigenvalue weighted by Crippen LogP contribution is 2.42. The van der Waals surface area contributed by atoms with Crippen molar-refractivity contribution in [2.75, 3.05) is 13.8 Å². The van der Waals surface area contributed by atoms with Gasteiger partial charge in [0.15, 0.2) is 0 Å². The number of halogens is 3. The number of H-pyrrole nitrogens is 1. The fourth-order valence-electron chi connectivity index (χ4n) is 5.20. The van der Waals surface area contributed by atoms with E-state index < -0.39 is 18.4 Å². The molecule has 184 valence electrons. The number of rotatable bonds is 6. The van der Waals surface area contributed by atoms with Crippen LogP contribution in [0.1, 0.15) is 54.5 Å². The van der Waals surface area contributed by atoms with Gasteiger partial charge in [-0.25, -0.2) is 9.37 Å². The Balaban J connectivity index is 1.56. The van der Waals surface area contributed by atoms with E-state index >= 15 is 0 Å². The predicted molar refractivity (Wildman–Crippen MR) is 131 cm³/mol. The summed E-state index contributed by atoms with van der Waals surface area (Å²) in [5.41, 5.74) is 4.30. The van der Waals surface area contributed by atoms with Crippen molar-refractivity contribution in [1.29, 1.82) is 0 Å². The lowest BCUT2D eigenvalue weighted by Crippen LogP contribution is -2.22. The molecule has 1 aromatic carbocycles. The molecule has 1 saturated carbocycles. The molecule has 2 N–H and O–H groups in total. The number of nitrogens with zero attached hydrogens (tertiary/aromatic N) is 3. The Morgan fingerprint density at radius 3 is 2.74 bits per heavy atom. The second-order valence-corrected chi connectivity index (χ2v) is 9.48. The summed E-state index contributed by atoms with van der Waals surface area (Å²) in [5, 5.41) is 15.0. The maximum Gasteiger partial charge on any atom is 0.142 e. The van der Waals surface area contributed by atoms with E-state index in [2.05, 4.69) is 15.1 Å². The minimum atomic E-state index is -0.837. The van der Waals surface area contributed by atoms with Crippen molar-refractivity contribution in [3.8, 4) is 16.9 Å². The second-order valence-electron chi connectivity index (χ2n) is 9.10. The van der Waals surface area contributed by atoms with E-state index in [0.29, 0.717) is 17.0 Å². The van der Waals surface area contributed by atoms with Crippen molar-refractivity contribution in [2.24, 2.45) is 0 Å². The monoisotopic (exact) mass is 500 g/mol. The zero-order chi connectivity index (χ0) is 24.7. The van der Waals surface area contributed by atoms with Crippen LogP contribution in [0.5, 0.6) is 5.75 Å². The summed E-state index contributed by atoms with van der Waals surface area (Å²) >= 11 is 6.28. The number of ether oxygens (including phenoxy) is 1. The van der Waals surface area contributed by atoms with Crippen LogP contribution in [-0.2, 0) is 0 Å². The average molecular weight is 501 g/mol. The predicted octanol–water partition coefficient (Wildman–Crippen LogP) is 6.11. The number of methoxy groups -OCH3 is 1. The van der Waals surface area contributed by atoms with E-state index in [-0.39, 0.29) is 22.7 Å². The van der Waals surface area contributed by atoms with Gasteiger partial charge in [-0.1, -0.05) is 11.6 Å². The Hall–Kier alpha value is -2.97. The molecule has 35 heavy (non-hydrogen) atoms. The second kappa shape index (κ2) is 9.59. The molecule has 1 atom stereocenters. The van der Waals surface area contributed by atoms with Crippen LogP contribution in [0.3, 0.4) is 0 Å². The molecule has 0 saturated heterocycles. The van der Waals surface area contributed by atoms with Crippen LogP contribution in [0, 0.1) is 12.7 Å². The number of aromatic amines is 1. The SMILES string of the molecule is COc1ccc(F)c(Cl)c1C(CF)c1c[nH]c2ncc(-c3cnn(C4CCC(O)CC4)c3C)cc12. The molecule has 6 nitrogen and oxygen atoms in total. The first kappa shape index (κ1) is 23.8. The fraction of sp³-hybridized carbons (Fsp3) is 0.385.